The third kappa shape index (κ3) is 4.42. The summed E-state index contributed by atoms with van der Waals surface area (Å²) in [6.07, 6.45) is 6.21. The van der Waals surface area contributed by atoms with Crippen LogP contribution in [0.2, 0.25) is 0 Å². The van der Waals surface area contributed by atoms with Crippen LogP contribution in [-0.2, 0) is 4.74 Å². The Morgan fingerprint density at radius 3 is 2.95 bits per heavy atom. The molecule has 106 valence electrons. The Kier molecular flexibility index (Phi) is 5.58. The SMILES string of the molecule is CC(/C=C/c1cccs1)NCC1(CO)CCOCC1. The molecule has 0 saturated carbocycles. The maximum atomic E-state index is 9.62. The Morgan fingerprint density at radius 2 is 2.32 bits per heavy atom. The molecule has 1 atom stereocenters. The van der Waals surface area contributed by atoms with Gasteiger partial charge in [0.2, 0.25) is 0 Å². The van der Waals surface area contributed by atoms with E-state index < -0.39 is 0 Å². The molecule has 2 heterocycles. The van der Waals surface area contributed by atoms with Crippen molar-refractivity contribution < 1.29 is 9.84 Å². The largest absolute Gasteiger partial charge is 0.396 e. The van der Waals surface area contributed by atoms with Gasteiger partial charge in [-0.15, -0.1) is 11.3 Å². The molecule has 0 amide bonds. The van der Waals surface area contributed by atoms with E-state index in [-0.39, 0.29) is 12.0 Å². The van der Waals surface area contributed by atoms with Crippen molar-refractivity contribution in [2.75, 3.05) is 26.4 Å². The van der Waals surface area contributed by atoms with E-state index in [1.807, 2.05) is 0 Å². The molecule has 3 nitrogen and oxygen atoms in total. The monoisotopic (exact) mass is 281 g/mol. The Labute approximate surface area is 119 Å². The number of nitrogens with one attached hydrogen (secondary N) is 1. The van der Waals surface area contributed by atoms with Crippen molar-refractivity contribution in [2.45, 2.75) is 25.8 Å². The van der Waals surface area contributed by atoms with Crippen molar-refractivity contribution in [3.8, 4) is 0 Å². The van der Waals surface area contributed by atoms with Crippen LogP contribution in [0.4, 0.5) is 0 Å². The highest BCUT2D eigenvalue weighted by molar-refractivity contribution is 7.10. The summed E-state index contributed by atoms with van der Waals surface area (Å²) in [5, 5.41) is 15.2. The number of rotatable bonds is 6. The third-order valence-corrected chi connectivity index (χ3v) is 4.62. The van der Waals surface area contributed by atoms with E-state index in [0.29, 0.717) is 6.04 Å². The number of aliphatic hydroxyl groups is 1. The van der Waals surface area contributed by atoms with E-state index >= 15 is 0 Å². The van der Waals surface area contributed by atoms with Crippen molar-refractivity contribution in [3.63, 3.8) is 0 Å². The van der Waals surface area contributed by atoms with E-state index in [4.69, 9.17) is 4.74 Å². The summed E-state index contributed by atoms with van der Waals surface area (Å²) < 4.78 is 5.38. The minimum absolute atomic E-state index is 0.00326. The number of ether oxygens (including phenoxy) is 1. The first-order valence-corrected chi connectivity index (χ1v) is 7.76. The standard InChI is InChI=1S/C15H23NO2S/c1-13(4-5-14-3-2-10-19-14)16-11-15(12-17)6-8-18-9-7-15/h2-5,10,13,16-17H,6-9,11-12H2,1H3/b5-4+. The van der Waals surface area contributed by atoms with Gasteiger partial charge in [-0.25, -0.2) is 0 Å². The molecule has 0 bridgehead atoms. The predicted molar refractivity (Wildman–Crippen MR) is 80.4 cm³/mol. The van der Waals surface area contributed by atoms with Gasteiger partial charge >= 0.3 is 0 Å². The van der Waals surface area contributed by atoms with Crippen LogP contribution in [0, 0.1) is 5.41 Å². The Balaban J connectivity index is 1.80. The molecule has 1 aromatic heterocycles. The lowest BCUT2D eigenvalue weighted by atomic mass is 9.81. The van der Waals surface area contributed by atoms with Crippen LogP contribution in [0.1, 0.15) is 24.6 Å². The zero-order valence-electron chi connectivity index (χ0n) is 11.5. The van der Waals surface area contributed by atoms with Crippen LogP contribution in [0.5, 0.6) is 0 Å². The van der Waals surface area contributed by atoms with Crippen LogP contribution < -0.4 is 5.32 Å². The van der Waals surface area contributed by atoms with Crippen molar-refractivity contribution in [2.24, 2.45) is 5.41 Å². The molecule has 2 N–H and O–H groups in total. The molecule has 2 rings (SSSR count). The zero-order valence-corrected chi connectivity index (χ0v) is 12.3. The van der Waals surface area contributed by atoms with Crippen molar-refractivity contribution in [3.05, 3.63) is 28.5 Å². The van der Waals surface area contributed by atoms with Gasteiger partial charge in [-0.05, 0) is 37.3 Å². The fraction of sp³-hybridized carbons (Fsp3) is 0.600. The average Bonchev–Trinajstić information content (AvgIpc) is 2.97. The molecule has 1 fully saturated rings. The highest BCUT2D eigenvalue weighted by Gasteiger charge is 2.31. The normalized spacial score (nSPS) is 20.7. The highest BCUT2D eigenvalue weighted by atomic mass is 32.1. The summed E-state index contributed by atoms with van der Waals surface area (Å²) in [7, 11) is 0. The quantitative estimate of drug-likeness (QED) is 0.842. The molecule has 1 aromatic rings. The van der Waals surface area contributed by atoms with Gasteiger partial charge in [0.15, 0.2) is 0 Å². The van der Waals surface area contributed by atoms with Crippen LogP contribution >= 0.6 is 11.3 Å². The van der Waals surface area contributed by atoms with Crippen molar-refractivity contribution in [1.29, 1.82) is 0 Å². The number of aliphatic hydroxyl groups excluding tert-OH is 1. The van der Waals surface area contributed by atoms with Crippen LogP contribution in [0.15, 0.2) is 23.6 Å². The van der Waals surface area contributed by atoms with Crippen LogP contribution in [0.3, 0.4) is 0 Å². The smallest absolute Gasteiger partial charge is 0.0501 e. The molecule has 0 spiro atoms. The van der Waals surface area contributed by atoms with Crippen LogP contribution in [-0.4, -0.2) is 37.5 Å². The van der Waals surface area contributed by atoms with E-state index in [1.54, 1.807) is 11.3 Å². The van der Waals surface area contributed by atoms with E-state index in [9.17, 15) is 5.11 Å². The average molecular weight is 281 g/mol. The second-order valence-corrected chi connectivity index (χ2v) is 6.29. The summed E-state index contributed by atoms with van der Waals surface area (Å²) in [5.74, 6) is 0. The van der Waals surface area contributed by atoms with E-state index in [1.165, 1.54) is 4.88 Å². The molecule has 0 radical (unpaired) electrons. The summed E-state index contributed by atoms with van der Waals surface area (Å²) in [5.41, 5.74) is 0.00326. The van der Waals surface area contributed by atoms with E-state index in [0.717, 1.165) is 32.6 Å². The molecular formula is C15H23NO2S. The first-order valence-electron chi connectivity index (χ1n) is 6.88. The van der Waals surface area contributed by atoms with Gasteiger partial charge in [0, 0.05) is 36.1 Å². The summed E-state index contributed by atoms with van der Waals surface area (Å²) >= 11 is 1.74. The molecule has 1 aliphatic rings. The molecular weight excluding hydrogens is 258 g/mol. The zero-order chi connectivity index (χ0) is 13.6. The number of hydrogen-bond donors (Lipinski definition) is 2. The first-order chi connectivity index (χ1) is 9.24. The lowest BCUT2D eigenvalue weighted by Gasteiger charge is -2.36. The number of hydrogen-bond acceptors (Lipinski definition) is 4. The van der Waals surface area contributed by atoms with E-state index in [2.05, 4.69) is 41.9 Å². The Hall–Kier alpha value is -0.680. The number of thiophene rings is 1. The predicted octanol–water partition coefficient (Wildman–Crippen LogP) is 2.53. The lowest BCUT2D eigenvalue weighted by Crippen LogP contribution is -2.44. The third-order valence-electron chi connectivity index (χ3n) is 3.78. The molecule has 19 heavy (non-hydrogen) atoms. The van der Waals surface area contributed by atoms with Gasteiger partial charge in [0.25, 0.3) is 0 Å². The minimum atomic E-state index is 0.00326. The van der Waals surface area contributed by atoms with Gasteiger partial charge in [-0.2, -0.15) is 0 Å². The van der Waals surface area contributed by atoms with Gasteiger partial charge in [0.05, 0.1) is 6.61 Å². The Morgan fingerprint density at radius 1 is 1.53 bits per heavy atom. The second kappa shape index (κ2) is 7.20. The maximum absolute atomic E-state index is 9.62. The molecule has 4 heteroatoms. The van der Waals surface area contributed by atoms with Gasteiger partial charge in [0.1, 0.15) is 0 Å². The summed E-state index contributed by atoms with van der Waals surface area (Å²) in [6, 6.07) is 4.49. The fourth-order valence-electron chi connectivity index (χ4n) is 2.27. The van der Waals surface area contributed by atoms with Crippen molar-refractivity contribution >= 4 is 17.4 Å². The molecule has 1 unspecified atom stereocenters. The maximum Gasteiger partial charge on any atom is 0.0501 e. The van der Waals surface area contributed by atoms with Gasteiger partial charge in [-0.3, -0.25) is 0 Å². The lowest BCUT2D eigenvalue weighted by molar-refractivity contribution is -0.0157. The summed E-state index contributed by atoms with van der Waals surface area (Å²) in [4.78, 5) is 1.27. The topological polar surface area (TPSA) is 41.5 Å². The van der Waals surface area contributed by atoms with Crippen LogP contribution in [0.25, 0.3) is 6.08 Å². The molecule has 1 aliphatic heterocycles. The molecule has 1 saturated heterocycles. The minimum Gasteiger partial charge on any atom is -0.396 e. The molecule has 0 aromatic carbocycles. The van der Waals surface area contributed by atoms with Gasteiger partial charge < -0.3 is 15.2 Å². The van der Waals surface area contributed by atoms with Crippen molar-refractivity contribution in [1.82, 2.24) is 5.32 Å². The fourth-order valence-corrected chi connectivity index (χ4v) is 2.89. The highest BCUT2D eigenvalue weighted by Crippen LogP contribution is 2.29. The molecule has 0 aliphatic carbocycles. The summed E-state index contributed by atoms with van der Waals surface area (Å²) in [6.45, 7) is 4.77. The second-order valence-electron chi connectivity index (χ2n) is 5.31. The van der Waals surface area contributed by atoms with Gasteiger partial charge in [-0.1, -0.05) is 12.1 Å². The first kappa shape index (κ1) is 14.7. The Bertz CT molecular complexity index is 383.